The van der Waals surface area contributed by atoms with Crippen LogP contribution in [-0.2, 0) is 4.79 Å². The summed E-state index contributed by atoms with van der Waals surface area (Å²) in [5.41, 5.74) is 0. The highest BCUT2D eigenvalue weighted by Crippen LogP contribution is 2.28. The van der Waals surface area contributed by atoms with Crippen molar-refractivity contribution in [2.24, 2.45) is 11.8 Å². The van der Waals surface area contributed by atoms with E-state index < -0.39 is 0 Å². The molecule has 0 radical (unpaired) electrons. The molecular formula is C14H28N2O. The quantitative estimate of drug-likeness (QED) is 0.700. The summed E-state index contributed by atoms with van der Waals surface area (Å²) in [4.78, 5) is 11.4. The minimum atomic E-state index is 0.157. The fourth-order valence-electron chi connectivity index (χ4n) is 2.58. The van der Waals surface area contributed by atoms with E-state index in [-0.39, 0.29) is 11.9 Å². The molecule has 1 rings (SSSR count). The molecule has 1 aliphatic carbocycles. The zero-order valence-electron chi connectivity index (χ0n) is 11.6. The third kappa shape index (κ3) is 6.06. The van der Waals surface area contributed by atoms with E-state index in [1.807, 2.05) is 13.8 Å². The molecule has 3 nitrogen and oxygen atoms in total. The summed E-state index contributed by atoms with van der Waals surface area (Å²) in [6, 6.07) is 0.251. The number of hydrogen-bond acceptors (Lipinski definition) is 2. The largest absolute Gasteiger partial charge is 0.354 e. The van der Waals surface area contributed by atoms with Crippen molar-refractivity contribution >= 4 is 5.91 Å². The van der Waals surface area contributed by atoms with Gasteiger partial charge in [-0.25, -0.2) is 0 Å². The fourth-order valence-corrected chi connectivity index (χ4v) is 2.58. The number of rotatable bonds is 6. The van der Waals surface area contributed by atoms with Gasteiger partial charge in [0.15, 0.2) is 0 Å². The molecule has 0 spiro atoms. The molecule has 0 aromatic carbocycles. The molecular weight excluding hydrogens is 212 g/mol. The first-order valence-corrected chi connectivity index (χ1v) is 7.09. The van der Waals surface area contributed by atoms with Crippen LogP contribution in [0.25, 0.3) is 0 Å². The summed E-state index contributed by atoms with van der Waals surface area (Å²) in [6.07, 6.45) is 6.10. The van der Waals surface area contributed by atoms with Crippen LogP contribution in [0, 0.1) is 11.8 Å². The lowest BCUT2D eigenvalue weighted by molar-refractivity contribution is -0.121. The molecule has 2 N–H and O–H groups in total. The predicted octanol–water partition coefficient (Wildman–Crippen LogP) is 2.32. The van der Waals surface area contributed by atoms with Crippen LogP contribution in [0.5, 0.6) is 0 Å². The maximum absolute atomic E-state index is 11.4. The Balaban J connectivity index is 2.05. The first-order chi connectivity index (χ1) is 8.09. The van der Waals surface area contributed by atoms with E-state index in [1.54, 1.807) is 0 Å². The van der Waals surface area contributed by atoms with Crippen LogP contribution < -0.4 is 10.6 Å². The third-order valence-corrected chi connectivity index (χ3v) is 3.67. The van der Waals surface area contributed by atoms with Gasteiger partial charge in [0.2, 0.25) is 5.91 Å². The van der Waals surface area contributed by atoms with Gasteiger partial charge >= 0.3 is 0 Å². The van der Waals surface area contributed by atoms with Gasteiger partial charge in [-0.1, -0.05) is 26.2 Å². The van der Waals surface area contributed by atoms with Crippen molar-refractivity contribution in [3.8, 4) is 0 Å². The van der Waals surface area contributed by atoms with Crippen LogP contribution in [0.3, 0.4) is 0 Å². The first kappa shape index (κ1) is 14.5. The molecule has 1 fully saturated rings. The topological polar surface area (TPSA) is 41.1 Å². The summed E-state index contributed by atoms with van der Waals surface area (Å²) in [5.74, 6) is 1.82. The number of amides is 1. The monoisotopic (exact) mass is 240 g/mol. The third-order valence-electron chi connectivity index (χ3n) is 3.67. The van der Waals surface area contributed by atoms with E-state index in [0.29, 0.717) is 6.42 Å². The Labute approximate surface area is 106 Å². The maximum Gasteiger partial charge on any atom is 0.221 e. The second-order valence-electron chi connectivity index (χ2n) is 5.70. The van der Waals surface area contributed by atoms with Gasteiger partial charge in [0.1, 0.15) is 0 Å². The van der Waals surface area contributed by atoms with Gasteiger partial charge in [-0.2, -0.15) is 0 Å². The highest BCUT2D eigenvalue weighted by molar-refractivity contribution is 5.76. The first-order valence-electron chi connectivity index (χ1n) is 7.09. The Hall–Kier alpha value is -0.570. The van der Waals surface area contributed by atoms with Crippen LogP contribution in [0.1, 0.15) is 52.9 Å². The summed E-state index contributed by atoms with van der Waals surface area (Å²) in [7, 11) is 0. The van der Waals surface area contributed by atoms with E-state index >= 15 is 0 Å². The maximum atomic E-state index is 11.4. The molecule has 1 aliphatic rings. The molecule has 2 unspecified atom stereocenters. The zero-order valence-corrected chi connectivity index (χ0v) is 11.6. The van der Waals surface area contributed by atoms with E-state index in [1.165, 1.54) is 25.7 Å². The second kappa shape index (κ2) is 7.70. The van der Waals surface area contributed by atoms with Crippen molar-refractivity contribution in [3.05, 3.63) is 0 Å². The molecule has 17 heavy (non-hydrogen) atoms. The van der Waals surface area contributed by atoms with Crippen molar-refractivity contribution in [3.63, 3.8) is 0 Å². The van der Waals surface area contributed by atoms with E-state index in [2.05, 4.69) is 17.6 Å². The number of hydrogen-bond donors (Lipinski definition) is 2. The minimum Gasteiger partial charge on any atom is -0.354 e. The van der Waals surface area contributed by atoms with Crippen molar-refractivity contribution in [2.45, 2.75) is 58.9 Å². The molecule has 0 aromatic rings. The summed E-state index contributed by atoms with van der Waals surface area (Å²) in [6.45, 7) is 8.24. The predicted molar refractivity (Wildman–Crippen MR) is 71.9 cm³/mol. The zero-order chi connectivity index (χ0) is 12.7. The Morgan fingerprint density at radius 3 is 2.65 bits per heavy atom. The molecule has 100 valence electrons. The summed E-state index contributed by atoms with van der Waals surface area (Å²) < 4.78 is 0. The molecule has 3 heteroatoms. The normalized spacial score (nSPS) is 24.9. The Kier molecular flexibility index (Phi) is 6.56. The Morgan fingerprint density at radius 2 is 2.00 bits per heavy atom. The Morgan fingerprint density at radius 1 is 1.29 bits per heavy atom. The van der Waals surface area contributed by atoms with Crippen LogP contribution in [-0.4, -0.2) is 25.0 Å². The van der Waals surface area contributed by atoms with E-state index in [4.69, 9.17) is 0 Å². The van der Waals surface area contributed by atoms with Gasteiger partial charge in [-0.3, -0.25) is 4.79 Å². The Bertz CT molecular complexity index is 228. The van der Waals surface area contributed by atoms with Crippen molar-refractivity contribution < 1.29 is 4.79 Å². The lowest BCUT2D eigenvalue weighted by Gasteiger charge is -2.28. The number of nitrogens with one attached hydrogen (secondary N) is 2. The van der Waals surface area contributed by atoms with Gasteiger partial charge in [-0.15, -0.1) is 0 Å². The van der Waals surface area contributed by atoms with Crippen molar-refractivity contribution in [2.75, 3.05) is 13.1 Å². The molecule has 0 heterocycles. The van der Waals surface area contributed by atoms with Crippen LogP contribution in [0.2, 0.25) is 0 Å². The number of carbonyl (C=O) groups is 1. The second-order valence-corrected chi connectivity index (χ2v) is 5.70. The van der Waals surface area contributed by atoms with E-state index in [0.717, 1.165) is 24.9 Å². The molecule has 1 amide bonds. The van der Waals surface area contributed by atoms with Crippen LogP contribution in [0.15, 0.2) is 0 Å². The average Bonchev–Trinajstić information content (AvgIpc) is 2.25. The van der Waals surface area contributed by atoms with Crippen molar-refractivity contribution in [1.29, 1.82) is 0 Å². The highest BCUT2D eigenvalue weighted by Gasteiger charge is 2.20. The smallest absolute Gasteiger partial charge is 0.221 e. The molecule has 0 saturated heterocycles. The SMILES string of the molecule is CC(C)NC(=O)CCNCC1CCCCC1C. The molecule has 0 bridgehead atoms. The van der Waals surface area contributed by atoms with Gasteiger partial charge in [0, 0.05) is 19.0 Å². The summed E-state index contributed by atoms with van der Waals surface area (Å²) >= 11 is 0. The standard InChI is InChI=1S/C14H28N2O/c1-11(2)16-14(17)8-9-15-10-13-7-5-4-6-12(13)3/h11-13,15H,4-10H2,1-3H3,(H,16,17). The van der Waals surface area contributed by atoms with Gasteiger partial charge < -0.3 is 10.6 Å². The van der Waals surface area contributed by atoms with Gasteiger partial charge in [0.25, 0.3) is 0 Å². The fraction of sp³-hybridized carbons (Fsp3) is 0.929. The molecule has 0 aliphatic heterocycles. The average molecular weight is 240 g/mol. The van der Waals surface area contributed by atoms with Crippen LogP contribution >= 0.6 is 0 Å². The molecule has 0 aromatic heterocycles. The summed E-state index contributed by atoms with van der Waals surface area (Å²) in [5, 5.41) is 6.34. The highest BCUT2D eigenvalue weighted by atomic mass is 16.1. The van der Waals surface area contributed by atoms with Crippen molar-refractivity contribution in [1.82, 2.24) is 10.6 Å². The lowest BCUT2D eigenvalue weighted by Crippen LogP contribution is -2.34. The van der Waals surface area contributed by atoms with E-state index in [9.17, 15) is 4.79 Å². The lowest BCUT2D eigenvalue weighted by atomic mass is 9.80. The minimum absolute atomic E-state index is 0.157. The molecule has 2 atom stereocenters. The van der Waals surface area contributed by atoms with Crippen LogP contribution in [0.4, 0.5) is 0 Å². The number of carbonyl (C=O) groups excluding carboxylic acids is 1. The molecule has 1 saturated carbocycles. The van der Waals surface area contributed by atoms with Gasteiger partial charge in [-0.05, 0) is 38.6 Å². The van der Waals surface area contributed by atoms with Gasteiger partial charge in [0.05, 0.1) is 0 Å².